The molecule has 21 heavy (non-hydrogen) atoms. The second-order valence-electron chi connectivity index (χ2n) is 5.18. The number of imidazole rings is 1. The van der Waals surface area contributed by atoms with Gasteiger partial charge in [0.05, 0.1) is 5.52 Å². The lowest BCUT2D eigenvalue weighted by Gasteiger charge is -2.01. The van der Waals surface area contributed by atoms with Crippen molar-refractivity contribution in [2.75, 3.05) is 0 Å². The quantitative estimate of drug-likeness (QED) is 0.539. The maximum atomic E-state index is 4.57. The van der Waals surface area contributed by atoms with Crippen molar-refractivity contribution in [1.29, 1.82) is 0 Å². The molecule has 0 fully saturated rings. The van der Waals surface area contributed by atoms with Crippen LogP contribution in [0.2, 0.25) is 0 Å². The summed E-state index contributed by atoms with van der Waals surface area (Å²) in [5.41, 5.74) is 3.92. The van der Waals surface area contributed by atoms with Gasteiger partial charge < -0.3 is 4.98 Å². The highest BCUT2D eigenvalue weighted by Crippen LogP contribution is 2.26. The molecule has 102 valence electrons. The van der Waals surface area contributed by atoms with E-state index in [1.54, 1.807) is 0 Å². The Hall–Kier alpha value is -2.20. The first-order chi connectivity index (χ1) is 10.2. The van der Waals surface area contributed by atoms with Crippen LogP contribution in [-0.2, 0) is 0 Å². The summed E-state index contributed by atoms with van der Waals surface area (Å²) in [6, 6.07) is 14.7. The molecule has 0 atom stereocenters. The predicted octanol–water partition coefficient (Wildman–Crippen LogP) is 4.85. The van der Waals surface area contributed by atoms with Crippen molar-refractivity contribution in [1.82, 2.24) is 15.0 Å². The van der Waals surface area contributed by atoms with Gasteiger partial charge in [0.15, 0.2) is 5.65 Å². The van der Waals surface area contributed by atoms with Crippen LogP contribution in [0.25, 0.3) is 33.3 Å². The topological polar surface area (TPSA) is 41.6 Å². The number of nitrogens with one attached hydrogen (secondary N) is 1. The number of hydrogen-bond acceptors (Lipinski definition) is 2. The average Bonchev–Trinajstić information content (AvgIpc) is 2.89. The predicted molar refractivity (Wildman–Crippen MR) is 89.3 cm³/mol. The maximum absolute atomic E-state index is 4.57. The zero-order valence-corrected chi connectivity index (χ0v) is 13.0. The second kappa shape index (κ2) is 4.67. The van der Waals surface area contributed by atoms with Crippen molar-refractivity contribution in [3.05, 3.63) is 58.7 Å². The summed E-state index contributed by atoms with van der Waals surface area (Å²) >= 11 is 3.50. The van der Waals surface area contributed by atoms with Crippen molar-refractivity contribution in [3.63, 3.8) is 0 Å². The Bertz CT molecular complexity index is 972. The Morgan fingerprint density at radius 2 is 1.81 bits per heavy atom. The van der Waals surface area contributed by atoms with Gasteiger partial charge in [-0.1, -0.05) is 34.1 Å². The van der Waals surface area contributed by atoms with Crippen LogP contribution >= 0.6 is 15.9 Å². The van der Waals surface area contributed by atoms with Crippen LogP contribution in [0.1, 0.15) is 5.56 Å². The normalized spacial score (nSPS) is 11.3. The molecule has 4 aromatic rings. The zero-order valence-electron chi connectivity index (χ0n) is 11.4. The number of aromatic nitrogens is 3. The number of aromatic amines is 1. The number of hydrogen-bond donors (Lipinski definition) is 1. The Balaban J connectivity index is 1.89. The van der Waals surface area contributed by atoms with E-state index in [9.17, 15) is 0 Å². The molecule has 2 aromatic heterocycles. The zero-order chi connectivity index (χ0) is 14.4. The van der Waals surface area contributed by atoms with Crippen LogP contribution in [0.15, 0.2) is 53.1 Å². The lowest BCUT2D eigenvalue weighted by atomic mass is 10.1. The van der Waals surface area contributed by atoms with Crippen LogP contribution in [0.5, 0.6) is 0 Å². The van der Waals surface area contributed by atoms with E-state index in [0.29, 0.717) is 0 Å². The van der Waals surface area contributed by atoms with E-state index in [4.69, 9.17) is 0 Å². The van der Waals surface area contributed by atoms with E-state index in [1.165, 1.54) is 10.8 Å². The Kier molecular flexibility index (Phi) is 2.79. The summed E-state index contributed by atoms with van der Waals surface area (Å²) in [5, 5.41) is 2.40. The minimum Gasteiger partial charge on any atom is -0.337 e. The summed E-state index contributed by atoms with van der Waals surface area (Å²) in [6.45, 7) is 2.03. The highest BCUT2D eigenvalue weighted by atomic mass is 79.9. The molecule has 3 nitrogen and oxygen atoms in total. The lowest BCUT2D eigenvalue weighted by Crippen LogP contribution is -1.81. The minimum absolute atomic E-state index is 0.756. The molecule has 0 bridgehead atoms. The SMILES string of the molecule is Cc1cnc2nc(-c3ccc4cc(Br)ccc4c3)[nH]c2c1. The molecule has 0 aliphatic carbocycles. The second-order valence-corrected chi connectivity index (χ2v) is 6.09. The average molecular weight is 338 g/mol. The first kappa shape index (κ1) is 12.5. The molecule has 1 N–H and O–H groups in total. The first-order valence-corrected chi connectivity index (χ1v) is 7.50. The molecule has 2 heterocycles. The molecule has 0 unspecified atom stereocenters. The van der Waals surface area contributed by atoms with Gasteiger partial charge in [-0.25, -0.2) is 9.97 Å². The lowest BCUT2D eigenvalue weighted by molar-refractivity contribution is 1.28. The number of rotatable bonds is 1. The summed E-state index contributed by atoms with van der Waals surface area (Å²) in [7, 11) is 0. The van der Waals surface area contributed by atoms with Crippen LogP contribution in [-0.4, -0.2) is 15.0 Å². The van der Waals surface area contributed by atoms with Crippen LogP contribution in [0.4, 0.5) is 0 Å². The molecule has 0 aliphatic rings. The van der Waals surface area contributed by atoms with Gasteiger partial charge in [0.2, 0.25) is 0 Å². The van der Waals surface area contributed by atoms with E-state index in [2.05, 4.69) is 73.3 Å². The number of aryl methyl sites for hydroxylation is 1. The molecule has 4 heteroatoms. The molecule has 0 radical (unpaired) electrons. The molecule has 0 saturated heterocycles. The van der Waals surface area contributed by atoms with Gasteiger partial charge in [-0.05, 0) is 47.5 Å². The summed E-state index contributed by atoms with van der Waals surface area (Å²) in [5.74, 6) is 0.855. The molecule has 4 rings (SSSR count). The number of halogens is 1. The minimum atomic E-state index is 0.756. The monoisotopic (exact) mass is 337 g/mol. The fraction of sp³-hybridized carbons (Fsp3) is 0.0588. The first-order valence-electron chi connectivity index (χ1n) is 6.71. The van der Waals surface area contributed by atoms with E-state index in [0.717, 1.165) is 32.6 Å². The van der Waals surface area contributed by atoms with E-state index in [-0.39, 0.29) is 0 Å². The largest absolute Gasteiger partial charge is 0.337 e. The number of fused-ring (bicyclic) bond motifs is 2. The third kappa shape index (κ3) is 2.21. The number of benzene rings is 2. The number of nitrogens with zero attached hydrogens (tertiary/aromatic N) is 2. The van der Waals surface area contributed by atoms with Gasteiger partial charge in [0, 0.05) is 16.2 Å². The van der Waals surface area contributed by atoms with Gasteiger partial charge in [-0.2, -0.15) is 0 Å². The molecule has 0 saturated carbocycles. The van der Waals surface area contributed by atoms with Gasteiger partial charge in [-0.3, -0.25) is 0 Å². The van der Waals surface area contributed by atoms with Crippen molar-refractivity contribution in [3.8, 4) is 11.4 Å². The number of pyridine rings is 1. The van der Waals surface area contributed by atoms with Crippen LogP contribution < -0.4 is 0 Å². The molecule has 2 aromatic carbocycles. The molecular formula is C17H12BrN3. The molecular weight excluding hydrogens is 326 g/mol. The Morgan fingerprint density at radius 3 is 2.71 bits per heavy atom. The summed E-state index contributed by atoms with van der Waals surface area (Å²) in [4.78, 5) is 12.3. The van der Waals surface area contributed by atoms with Gasteiger partial charge in [0.1, 0.15) is 5.82 Å². The third-order valence-corrected chi connectivity index (χ3v) is 4.04. The Labute approximate surface area is 130 Å². The Morgan fingerprint density at radius 1 is 1.00 bits per heavy atom. The fourth-order valence-electron chi connectivity index (χ4n) is 2.51. The van der Waals surface area contributed by atoms with Crippen molar-refractivity contribution in [2.24, 2.45) is 0 Å². The highest BCUT2D eigenvalue weighted by Gasteiger charge is 2.07. The summed E-state index contributed by atoms with van der Waals surface area (Å²) < 4.78 is 1.09. The van der Waals surface area contributed by atoms with Gasteiger partial charge >= 0.3 is 0 Å². The van der Waals surface area contributed by atoms with Crippen LogP contribution in [0.3, 0.4) is 0 Å². The van der Waals surface area contributed by atoms with E-state index >= 15 is 0 Å². The molecule has 0 amide bonds. The molecule has 0 aliphatic heterocycles. The fourth-order valence-corrected chi connectivity index (χ4v) is 2.88. The van der Waals surface area contributed by atoms with Crippen molar-refractivity contribution >= 4 is 37.9 Å². The summed E-state index contributed by atoms with van der Waals surface area (Å²) in [6.07, 6.45) is 1.84. The van der Waals surface area contributed by atoms with Crippen molar-refractivity contribution in [2.45, 2.75) is 6.92 Å². The third-order valence-electron chi connectivity index (χ3n) is 3.55. The van der Waals surface area contributed by atoms with E-state index in [1.807, 2.05) is 13.1 Å². The highest BCUT2D eigenvalue weighted by molar-refractivity contribution is 9.10. The smallest absolute Gasteiger partial charge is 0.178 e. The van der Waals surface area contributed by atoms with E-state index < -0.39 is 0 Å². The standard InChI is InChI=1S/C17H12BrN3/c1-10-6-15-17(19-9-10)21-16(20-15)13-3-2-12-8-14(18)5-4-11(12)7-13/h2-9H,1H3,(H,19,20,21). The van der Waals surface area contributed by atoms with Crippen LogP contribution in [0, 0.1) is 6.92 Å². The van der Waals surface area contributed by atoms with Gasteiger partial charge in [-0.15, -0.1) is 0 Å². The number of H-pyrrole nitrogens is 1. The van der Waals surface area contributed by atoms with Crippen molar-refractivity contribution < 1.29 is 0 Å². The maximum Gasteiger partial charge on any atom is 0.178 e. The molecule has 0 spiro atoms. The van der Waals surface area contributed by atoms with Gasteiger partial charge in [0.25, 0.3) is 0 Å².